The lowest BCUT2D eigenvalue weighted by molar-refractivity contribution is 0.00941. The van der Waals surface area contributed by atoms with Crippen molar-refractivity contribution in [3.8, 4) is 17.2 Å². The quantitative estimate of drug-likeness (QED) is 0.209. The summed E-state index contributed by atoms with van der Waals surface area (Å²) < 4.78 is 33.1. The smallest absolute Gasteiger partial charge is 0.410 e. The number of amides is 2. The number of nitrogens with one attached hydrogen (secondary N) is 1. The van der Waals surface area contributed by atoms with Crippen LogP contribution < -0.4 is 10.2 Å². The van der Waals surface area contributed by atoms with E-state index in [1.165, 1.54) is 0 Å². The van der Waals surface area contributed by atoms with Crippen LogP contribution in [0, 0.1) is 17.1 Å². The molecule has 1 saturated carbocycles. The molecule has 1 N–H and O–H groups in total. The number of halogens is 2. The fourth-order valence-corrected chi connectivity index (χ4v) is 6.71. The molecule has 280 valence electrons. The van der Waals surface area contributed by atoms with Crippen molar-refractivity contribution < 1.29 is 28.2 Å². The molecule has 1 aliphatic carbocycles. The largest absolute Gasteiger partial charge is 0.444 e. The van der Waals surface area contributed by atoms with Crippen molar-refractivity contribution in [3.05, 3.63) is 88.2 Å². The van der Waals surface area contributed by atoms with Crippen LogP contribution in [0.2, 0.25) is 5.02 Å². The minimum atomic E-state index is -0.729. The third-order valence-electron chi connectivity index (χ3n) is 9.01. The van der Waals surface area contributed by atoms with Crippen LogP contribution in [0.3, 0.4) is 0 Å². The lowest BCUT2D eigenvalue weighted by atomic mass is 9.86. The standard InChI is InChI=1S/C41H52ClFN4O5/c1-40(2,3)51-38(48)45-30-16-18-31(19-17-30)47(39(49)52-41(4,5)6)26-33(27-12-10-9-11-13-27)28-14-20-34(42)32(24-28)36-29(25-44)15-21-35(37(36)43)46(7)22-23-50-8/h9-15,20-21,24,30-31,33H,16-19,22-23,26H2,1-8H3,(H,45,48). The van der Waals surface area contributed by atoms with E-state index in [-0.39, 0.29) is 35.7 Å². The number of ether oxygens (including phenoxy) is 3. The van der Waals surface area contributed by atoms with Gasteiger partial charge in [0.25, 0.3) is 0 Å². The van der Waals surface area contributed by atoms with Crippen LogP contribution in [0.1, 0.15) is 89.8 Å². The van der Waals surface area contributed by atoms with E-state index in [0.717, 1.165) is 11.1 Å². The molecule has 0 radical (unpaired) electrons. The molecule has 1 aliphatic rings. The van der Waals surface area contributed by atoms with Gasteiger partial charge in [0.1, 0.15) is 11.2 Å². The van der Waals surface area contributed by atoms with E-state index in [0.29, 0.717) is 55.1 Å². The Kier molecular flexibility index (Phi) is 13.6. The molecule has 1 unspecified atom stereocenters. The summed E-state index contributed by atoms with van der Waals surface area (Å²) in [6, 6.07) is 20.3. The molecule has 0 aromatic heterocycles. The predicted molar refractivity (Wildman–Crippen MR) is 203 cm³/mol. The van der Waals surface area contributed by atoms with Gasteiger partial charge < -0.3 is 29.3 Å². The van der Waals surface area contributed by atoms with Gasteiger partial charge in [-0.3, -0.25) is 0 Å². The van der Waals surface area contributed by atoms with Gasteiger partial charge in [-0.25, -0.2) is 14.0 Å². The number of alkyl carbamates (subject to hydrolysis) is 1. The second-order valence-electron chi connectivity index (χ2n) is 15.3. The number of anilines is 1. The molecule has 3 aromatic rings. The predicted octanol–water partition coefficient (Wildman–Crippen LogP) is 9.31. The minimum absolute atomic E-state index is 0.0798. The first-order valence-electron chi connectivity index (χ1n) is 17.8. The zero-order valence-corrected chi connectivity index (χ0v) is 32.4. The van der Waals surface area contributed by atoms with Crippen LogP contribution in [0.25, 0.3) is 11.1 Å². The van der Waals surface area contributed by atoms with Crippen LogP contribution in [-0.2, 0) is 14.2 Å². The minimum Gasteiger partial charge on any atom is -0.444 e. The maximum Gasteiger partial charge on any atom is 0.410 e. The van der Waals surface area contributed by atoms with Crippen molar-refractivity contribution in [1.82, 2.24) is 10.2 Å². The molecule has 2 amide bonds. The van der Waals surface area contributed by atoms with Gasteiger partial charge in [-0.05, 0) is 103 Å². The van der Waals surface area contributed by atoms with Crippen molar-refractivity contribution in [2.75, 3.05) is 38.8 Å². The van der Waals surface area contributed by atoms with Crippen LogP contribution >= 0.6 is 11.6 Å². The number of rotatable bonds is 11. The number of hydrogen-bond acceptors (Lipinski definition) is 7. The average Bonchev–Trinajstić information content (AvgIpc) is 3.07. The van der Waals surface area contributed by atoms with Gasteiger partial charge in [0.05, 0.1) is 23.9 Å². The zero-order valence-electron chi connectivity index (χ0n) is 31.6. The van der Waals surface area contributed by atoms with Crippen molar-refractivity contribution in [3.63, 3.8) is 0 Å². The number of nitrogens with zero attached hydrogens (tertiary/aromatic N) is 3. The fraction of sp³-hybridized carbons (Fsp3) is 0.488. The second-order valence-corrected chi connectivity index (χ2v) is 15.7. The average molecular weight is 735 g/mol. The summed E-state index contributed by atoms with van der Waals surface area (Å²) in [7, 11) is 3.35. The molecule has 3 aromatic carbocycles. The summed E-state index contributed by atoms with van der Waals surface area (Å²) in [5, 5.41) is 13.4. The Balaban J connectivity index is 1.74. The molecule has 0 spiro atoms. The molecule has 0 aliphatic heterocycles. The van der Waals surface area contributed by atoms with Gasteiger partial charge in [-0.15, -0.1) is 0 Å². The molecule has 4 rings (SSSR count). The first-order chi connectivity index (χ1) is 24.5. The number of nitriles is 1. The van der Waals surface area contributed by atoms with Crippen molar-refractivity contribution in [2.45, 2.75) is 96.4 Å². The van der Waals surface area contributed by atoms with E-state index in [4.69, 9.17) is 25.8 Å². The van der Waals surface area contributed by atoms with Gasteiger partial charge in [0, 0.05) is 61.4 Å². The van der Waals surface area contributed by atoms with Gasteiger partial charge >= 0.3 is 12.2 Å². The van der Waals surface area contributed by atoms with Crippen LogP contribution in [-0.4, -0.2) is 74.2 Å². The Labute approximate surface area is 313 Å². The van der Waals surface area contributed by atoms with Gasteiger partial charge in [-0.1, -0.05) is 48.0 Å². The SMILES string of the molecule is COCCN(C)c1ccc(C#N)c(-c2cc(C(CN(C(=O)OC(C)(C)C)C3CCC(NC(=O)OC(C)(C)C)CC3)c3ccccc3)ccc2Cl)c1F. The van der Waals surface area contributed by atoms with Crippen molar-refractivity contribution in [2.24, 2.45) is 0 Å². The lowest BCUT2D eigenvalue weighted by Crippen LogP contribution is -2.49. The highest BCUT2D eigenvalue weighted by molar-refractivity contribution is 6.33. The molecule has 1 atom stereocenters. The van der Waals surface area contributed by atoms with E-state index >= 15 is 4.39 Å². The maximum absolute atomic E-state index is 16.4. The van der Waals surface area contributed by atoms with E-state index in [2.05, 4.69) is 11.4 Å². The van der Waals surface area contributed by atoms with Crippen molar-refractivity contribution in [1.29, 1.82) is 5.26 Å². The normalized spacial score (nSPS) is 16.7. The Bertz CT molecular complexity index is 1730. The summed E-state index contributed by atoms with van der Waals surface area (Å²) >= 11 is 6.80. The lowest BCUT2D eigenvalue weighted by Gasteiger charge is -2.39. The van der Waals surface area contributed by atoms with E-state index in [1.54, 1.807) is 42.2 Å². The second kappa shape index (κ2) is 17.5. The summed E-state index contributed by atoms with van der Waals surface area (Å²) in [5.41, 5.74) is 1.38. The Hall–Kier alpha value is -4.33. The highest BCUT2D eigenvalue weighted by atomic mass is 35.5. The molecule has 0 saturated heterocycles. The van der Waals surface area contributed by atoms with Gasteiger partial charge in [0.15, 0.2) is 5.82 Å². The molecule has 52 heavy (non-hydrogen) atoms. The zero-order chi connectivity index (χ0) is 38.2. The van der Waals surface area contributed by atoms with E-state index in [1.807, 2.05) is 84.0 Å². The van der Waals surface area contributed by atoms with E-state index in [9.17, 15) is 14.9 Å². The summed E-state index contributed by atoms with van der Waals surface area (Å²) in [6.45, 7) is 12.1. The molecule has 11 heteroatoms. The number of likely N-dealkylation sites (N-methyl/N-ethyl adjacent to an activating group) is 1. The molecule has 0 bridgehead atoms. The number of carbonyl (C=O) groups excluding carboxylic acids is 2. The fourth-order valence-electron chi connectivity index (χ4n) is 6.50. The van der Waals surface area contributed by atoms with Gasteiger partial charge in [0.2, 0.25) is 0 Å². The van der Waals surface area contributed by atoms with Crippen LogP contribution in [0.15, 0.2) is 60.7 Å². The van der Waals surface area contributed by atoms with Gasteiger partial charge in [-0.2, -0.15) is 5.26 Å². The summed E-state index contributed by atoms with van der Waals surface area (Å²) in [6.07, 6.45) is 1.73. The monoisotopic (exact) mass is 734 g/mol. The molecule has 9 nitrogen and oxygen atoms in total. The topological polar surface area (TPSA) is 104 Å². The van der Waals surface area contributed by atoms with E-state index < -0.39 is 29.2 Å². The third kappa shape index (κ3) is 10.8. The van der Waals surface area contributed by atoms with Crippen LogP contribution in [0.5, 0.6) is 0 Å². The first kappa shape index (κ1) is 40.4. The molecular formula is C41H52ClFN4O5. The molecular weight excluding hydrogens is 683 g/mol. The van der Waals surface area contributed by atoms with Crippen LogP contribution in [0.4, 0.5) is 19.7 Å². The molecule has 1 fully saturated rings. The highest BCUT2D eigenvalue weighted by Gasteiger charge is 2.35. The maximum atomic E-state index is 16.4. The number of benzene rings is 3. The Morgan fingerprint density at radius 2 is 1.62 bits per heavy atom. The summed E-state index contributed by atoms with van der Waals surface area (Å²) in [5.74, 6) is -0.913. The number of carbonyl (C=O) groups is 2. The number of methoxy groups -OCH3 is 1. The number of hydrogen-bond donors (Lipinski definition) is 1. The molecule has 0 heterocycles. The third-order valence-corrected chi connectivity index (χ3v) is 9.34. The first-order valence-corrected chi connectivity index (χ1v) is 18.2. The summed E-state index contributed by atoms with van der Waals surface area (Å²) in [4.78, 5) is 30.1. The Morgan fingerprint density at radius 3 is 2.21 bits per heavy atom. The highest BCUT2D eigenvalue weighted by Crippen LogP contribution is 2.40. The Morgan fingerprint density at radius 1 is 0.962 bits per heavy atom. The van der Waals surface area contributed by atoms with Crippen molar-refractivity contribution >= 4 is 29.5 Å².